The molecule has 1 aromatic heterocycles. The van der Waals surface area contributed by atoms with Crippen molar-refractivity contribution in [2.75, 3.05) is 0 Å². The van der Waals surface area contributed by atoms with Gasteiger partial charge in [0, 0.05) is 17.1 Å². The molecule has 0 unspecified atom stereocenters. The molecule has 1 radical (unpaired) electrons. The van der Waals surface area contributed by atoms with Gasteiger partial charge in [-0.3, -0.25) is 5.11 Å². The van der Waals surface area contributed by atoms with Crippen LogP contribution in [0.5, 0.6) is 5.75 Å². The molecule has 0 aliphatic rings. The monoisotopic (exact) mass is 132 g/mol. The quantitative estimate of drug-likeness (QED) is 0.571. The highest BCUT2D eigenvalue weighted by Crippen LogP contribution is 2.23. The first-order valence-corrected chi connectivity index (χ1v) is 3.11. The predicted octanol–water partition coefficient (Wildman–Crippen LogP) is 2.31. The maximum Gasteiger partial charge on any atom is 0.203 e. The van der Waals surface area contributed by atoms with Crippen LogP contribution < -0.4 is 0 Å². The van der Waals surface area contributed by atoms with Crippen LogP contribution in [0.4, 0.5) is 0 Å². The second-order valence-corrected chi connectivity index (χ2v) is 2.20. The van der Waals surface area contributed by atoms with Gasteiger partial charge in [-0.25, -0.2) is 0 Å². The minimum atomic E-state index is 0.0654. The van der Waals surface area contributed by atoms with Crippen molar-refractivity contribution in [1.82, 2.24) is 4.98 Å². The van der Waals surface area contributed by atoms with Crippen LogP contribution in [0.2, 0.25) is 0 Å². The van der Waals surface area contributed by atoms with Crippen LogP contribution in [0, 0.1) is 0 Å². The fraction of sp³-hybridized carbons (Fsp3) is 0. The van der Waals surface area contributed by atoms with Crippen LogP contribution in [-0.2, 0) is 5.11 Å². The number of para-hydroxylation sites is 1. The number of hydrogen-bond acceptors (Lipinski definition) is 0. The second-order valence-electron chi connectivity index (χ2n) is 2.20. The summed E-state index contributed by atoms with van der Waals surface area (Å²) in [6.45, 7) is 0. The Kier molecular flexibility index (Phi) is 0.947. The van der Waals surface area contributed by atoms with E-state index < -0.39 is 0 Å². The molecule has 0 atom stereocenters. The first-order valence-electron chi connectivity index (χ1n) is 3.11. The Morgan fingerprint density at radius 3 is 2.80 bits per heavy atom. The Balaban J connectivity index is 2.93. The van der Waals surface area contributed by atoms with Crippen LogP contribution in [0.15, 0.2) is 30.5 Å². The Hall–Kier alpha value is -1.44. The third kappa shape index (κ3) is 0.589. The highest BCUT2D eigenvalue weighted by atomic mass is 16.3. The number of aromatic nitrogens is 1. The van der Waals surface area contributed by atoms with Crippen molar-refractivity contribution < 1.29 is 5.11 Å². The van der Waals surface area contributed by atoms with Gasteiger partial charge in [-0.1, -0.05) is 12.1 Å². The first-order chi connectivity index (χ1) is 4.88. The van der Waals surface area contributed by atoms with Crippen molar-refractivity contribution in [2.45, 2.75) is 0 Å². The molecule has 0 saturated carbocycles. The van der Waals surface area contributed by atoms with Gasteiger partial charge >= 0.3 is 0 Å². The van der Waals surface area contributed by atoms with Gasteiger partial charge in [0.1, 0.15) is 0 Å². The molecule has 2 aromatic rings. The van der Waals surface area contributed by atoms with Gasteiger partial charge in [-0.15, -0.1) is 0 Å². The van der Waals surface area contributed by atoms with E-state index >= 15 is 0 Å². The number of rotatable bonds is 0. The highest BCUT2D eigenvalue weighted by molar-refractivity contribution is 5.85. The highest BCUT2D eigenvalue weighted by Gasteiger charge is 1.99. The standard InChI is InChI=1S/C8H6NO/c10-8-5-9-7-4-2-1-3-6(7)8/h1-5,9H. The van der Waals surface area contributed by atoms with E-state index in [0.29, 0.717) is 0 Å². The fourth-order valence-electron chi connectivity index (χ4n) is 1.04. The molecule has 1 N–H and O–H groups in total. The number of benzene rings is 1. The summed E-state index contributed by atoms with van der Waals surface area (Å²) in [5, 5.41) is 11.7. The lowest BCUT2D eigenvalue weighted by Gasteiger charge is -1.84. The molecule has 0 aliphatic heterocycles. The predicted molar refractivity (Wildman–Crippen MR) is 38.4 cm³/mol. The maximum atomic E-state index is 10.9. The van der Waals surface area contributed by atoms with Crippen molar-refractivity contribution in [2.24, 2.45) is 0 Å². The minimum Gasteiger partial charge on any atom is -0.358 e. The zero-order chi connectivity index (χ0) is 6.97. The van der Waals surface area contributed by atoms with Crippen molar-refractivity contribution in [3.05, 3.63) is 30.5 Å². The van der Waals surface area contributed by atoms with E-state index in [9.17, 15) is 5.11 Å². The second kappa shape index (κ2) is 1.77. The Morgan fingerprint density at radius 1 is 1.20 bits per heavy atom. The third-order valence-corrected chi connectivity index (χ3v) is 1.55. The third-order valence-electron chi connectivity index (χ3n) is 1.55. The summed E-state index contributed by atoms with van der Waals surface area (Å²) < 4.78 is 0. The van der Waals surface area contributed by atoms with E-state index in [0.717, 1.165) is 10.9 Å². The van der Waals surface area contributed by atoms with Gasteiger partial charge in [0.05, 0.1) is 0 Å². The van der Waals surface area contributed by atoms with Crippen LogP contribution in [0.1, 0.15) is 0 Å². The number of fused-ring (bicyclic) bond motifs is 1. The van der Waals surface area contributed by atoms with Crippen molar-refractivity contribution in [3.8, 4) is 5.75 Å². The van der Waals surface area contributed by atoms with E-state index in [-0.39, 0.29) is 5.75 Å². The molecule has 1 aromatic carbocycles. The lowest BCUT2D eigenvalue weighted by molar-refractivity contribution is 0.360. The van der Waals surface area contributed by atoms with E-state index in [1.807, 2.05) is 24.3 Å². The van der Waals surface area contributed by atoms with Crippen LogP contribution in [0.3, 0.4) is 0 Å². The smallest absolute Gasteiger partial charge is 0.203 e. The summed E-state index contributed by atoms with van der Waals surface area (Å²) in [5.74, 6) is 0.0654. The van der Waals surface area contributed by atoms with E-state index in [4.69, 9.17) is 0 Å². The topological polar surface area (TPSA) is 35.7 Å². The molecule has 2 heteroatoms. The van der Waals surface area contributed by atoms with E-state index in [2.05, 4.69) is 4.98 Å². The zero-order valence-corrected chi connectivity index (χ0v) is 5.29. The number of aromatic amines is 1. The van der Waals surface area contributed by atoms with Gasteiger partial charge in [-0.2, -0.15) is 0 Å². The molecule has 0 bridgehead atoms. The SMILES string of the molecule is [O]c1c[nH]c2ccccc12. The molecule has 0 fully saturated rings. The molecule has 1 heterocycles. The zero-order valence-electron chi connectivity index (χ0n) is 5.29. The summed E-state index contributed by atoms with van der Waals surface area (Å²) in [4.78, 5) is 2.88. The first kappa shape index (κ1) is 5.35. The molecule has 0 aliphatic carbocycles. The van der Waals surface area contributed by atoms with Crippen LogP contribution in [0.25, 0.3) is 10.9 Å². The lowest BCUT2D eigenvalue weighted by atomic mass is 10.2. The average molecular weight is 132 g/mol. The Bertz CT molecular complexity index is 351. The summed E-state index contributed by atoms with van der Waals surface area (Å²) in [7, 11) is 0. The van der Waals surface area contributed by atoms with Crippen molar-refractivity contribution in [3.63, 3.8) is 0 Å². The normalized spacial score (nSPS) is 10.4. The van der Waals surface area contributed by atoms with Gasteiger partial charge in [0.2, 0.25) is 5.75 Å². The number of H-pyrrole nitrogens is 1. The molecule has 2 rings (SSSR count). The van der Waals surface area contributed by atoms with Gasteiger partial charge in [-0.05, 0) is 12.1 Å². The summed E-state index contributed by atoms with van der Waals surface area (Å²) in [5.41, 5.74) is 0.910. The molecule has 10 heavy (non-hydrogen) atoms. The van der Waals surface area contributed by atoms with Crippen molar-refractivity contribution >= 4 is 10.9 Å². The maximum absolute atomic E-state index is 10.9. The summed E-state index contributed by atoms with van der Waals surface area (Å²) in [6, 6.07) is 7.46. The molecule has 0 spiro atoms. The molecule has 49 valence electrons. The fourth-order valence-corrected chi connectivity index (χ4v) is 1.04. The summed E-state index contributed by atoms with van der Waals surface area (Å²) >= 11 is 0. The summed E-state index contributed by atoms with van der Waals surface area (Å²) in [6.07, 6.45) is 1.48. The average Bonchev–Trinajstić information content (AvgIpc) is 2.34. The van der Waals surface area contributed by atoms with Gasteiger partial charge in [0.15, 0.2) is 0 Å². The van der Waals surface area contributed by atoms with Gasteiger partial charge < -0.3 is 4.98 Å². The number of nitrogens with one attached hydrogen (secondary N) is 1. The van der Waals surface area contributed by atoms with Crippen LogP contribution >= 0.6 is 0 Å². The van der Waals surface area contributed by atoms with Gasteiger partial charge in [0.25, 0.3) is 0 Å². The Labute approximate surface area is 58.1 Å². The molecule has 2 nitrogen and oxygen atoms in total. The lowest BCUT2D eigenvalue weighted by Crippen LogP contribution is -1.62. The molecular formula is C8H6NO. The van der Waals surface area contributed by atoms with Crippen LogP contribution in [-0.4, -0.2) is 4.98 Å². The minimum absolute atomic E-state index is 0.0654. The molecule has 0 saturated heterocycles. The van der Waals surface area contributed by atoms with E-state index in [1.165, 1.54) is 6.20 Å². The van der Waals surface area contributed by atoms with Crippen molar-refractivity contribution in [1.29, 1.82) is 0 Å². The van der Waals surface area contributed by atoms with E-state index in [1.54, 1.807) is 0 Å². The molecule has 0 amide bonds. The largest absolute Gasteiger partial charge is 0.358 e. The Morgan fingerprint density at radius 2 is 2.00 bits per heavy atom. The molecular weight excluding hydrogens is 126 g/mol. The number of hydrogen-bond donors (Lipinski definition) is 1.